The molecule has 0 aromatic heterocycles. The van der Waals surface area contributed by atoms with Crippen LogP contribution in [0.2, 0.25) is 0 Å². The van der Waals surface area contributed by atoms with E-state index in [1.165, 1.54) is 44.9 Å². The van der Waals surface area contributed by atoms with Crippen molar-refractivity contribution in [2.24, 2.45) is 11.8 Å². The average Bonchev–Trinajstić information content (AvgIpc) is 2.77. The maximum Gasteiger partial charge on any atom is 0.0685 e. The Morgan fingerprint density at radius 2 is 2.00 bits per heavy atom. The van der Waals surface area contributed by atoms with Gasteiger partial charge in [-0.3, -0.25) is 0 Å². The van der Waals surface area contributed by atoms with Gasteiger partial charge < -0.3 is 10.1 Å². The summed E-state index contributed by atoms with van der Waals surface area (Å²) >= 11 is 0. The van der Waals surface area contributed by atoms with Crippen LogP contribution in [-0.2, 0) is 4.74 Å². The van der Waals surface area contributed by atoms with Crippen molar-refractivity contribution < 1.29 is 4.74 Å². The number of nitrogens with one attached hydrogen (secondary N) is 1. The molecule has 2 nitrogen and oxygen atoms in total. The summed E-state index contributed by atoms with van der Waals surface area (Å²) in [5.41, 5.74) is 0.292. The molecule has 1 heterocycles. The van der Waals surface area contributed by atoms with Gasteiger partial charge in [-0.25, -0.2) is 0 Å². The van der Waals surface area contributed by atoms with Crippen molar-refractivity contribution in [2.45, 2.75) is 70.4 Å². The highest BCUT2D eigenvalue weighted by Crippen LogP contribution is 2.44. The minimum atomic E-state index is 0.292. The topological polar surface area (TPSA) is 21.3 Å². The average molecular weight is 239 g/mol. The monoisotopic (exact) mass is 239 g/mol. The minimum Gasteiger partial charge on any atom is -0.375 e. The predicted octanol–water partition coefficient (Wildman–Crippen LogP) is 3.36. The molecule has 2 fully saturated rings. The van der Waals surface area contributed by atoms with Crippen LogP contribution in [0, 0.1) is 11.8 Å². The Morgan fingerprint density at radius 3 is 2.65 bits per heavy atom. The van der Waals surface area contributed by atoms with Crippen molar-refractivity contribution in [1.29, 1.82) is 0 Å². The number of hydrogen-bond acceptors (Lipinski definition) is 2. The van der Waals surface area contributed by atoms with Crippen molar-refractivity contribution in [3.05, 3.63) is 0 Å². The molecule has 0 aromatic carbocycles. The van der Waals surface area contributed by atoms with E-state index in [0.717, 1.165) is 18.4 Å². The second-order valence-corrected chi connectivity index (χ2v) is 6.39. The third kappa shape index (κ3) is 3.23. The lowest BCUT2D eigenvalue weighted by molar-refractivity contribution is -0.101. The fourth-order valence-electron chi connectivity index (χ4n) is 3.79. The Hall–Kier alpha value is -0.0800. The molecule has 2 aliphatic rings. The van der Waals surface area contributed by atoms with Crippen LogP contribution in [-0.4, -0.2) is 25.3 Å². The Morgan fingerprint density at radius 1 is 1.29 bits per heavy atom. The highest BCUT2D eigenvalue weighted by atomic mass is 16.5. The van der Waals surface area contributed by atoms with E-state index in [4.69, 9.17) is 4.74 Å². The molecule has 0 amide bonds. The molecule has 1 aliphatic heterocycles. The Labute approximate surface area is 107 Å². The lowest BCUT2D eigenvalue weighted by Crippen LogP contribution is -2.40. The van der Waals surface area contributed by atoms with E-state index in [1.54, 1.807) is 0 Å². The minimum absolute atomic E-state index is 0.292. The predicted molar refractivity (Wildman–Crippen MR) is 72.2 cm³/mol. The second-order valence-electron chi connectivity index (χ2n) is 6.39. The van der Waals surface area contributed by atoms with E-state index in [0.29, 0.717) is 11.6 Å². The van der Waals surface area contributed by atoms with Gasteiger partial charge in [0.2, 0.25) is 0 Å². The summed E-state index contributed by atoms with van der Waals surface area (Å²) in [5.74, 6) is 1.72. The van der Waals surface area contributed by atoms with Crippen LogP contribution in [0.15, 0.2) is 0 Å². The smallest absolute Gasteiger partial charge is 0.0685 e. The van der Waals surface area contributed by atoms with Crippen molar-refractivity contribution in [3.8, 4) is 0 Å². The highest BCUT2D eigenvalue weighted by molar-refractivity contribution is 4.92. The molecule has 1 saturated heterocycles. The van der Waals surface area contributed by atoms with Crippen LogP contribution in [0.25, 0.3) is 0 Å². The molecule has 17 heavy (non-hydrogen) atoms. The van der Waals surface area contributed by atoms with Crippen LogP contribution in [0.1, 0.15) is 58.8 Å². The summed E-state index contributed by atoms with van der Waals surface area (Å²) in [6, 6.07) is 0.646. The third-order valence-electron chi connectivity index (χ3n) is 5.07. The SMILES string of the molecule is CNC(C)CC(C)C1CCOC2(CCCC2)C1. The van der Waals surface area contributed by atoms with E-state index < -0.39 is 0 Å². The normalized spacial score (nSPS) is 31.6. The molecule has 100 valence electrons. The molecule has 1 saturated carbocycles. The van der Waals surface area contributed by atoms with Gasteiger partial charge in [-0.2, -0.15) is 0 Å². The number of rotatable bonds is 4. The maximum atomic E-state index is 6.12. The van der Waals surface area contributed by atoms with E-state index >= 15 is 0 Å². The summed E-state index contributed by atoms with van der Waals surface area (Å²) < 4.78 is 6.12. The summed E-state index contributed by atoms with van der Waals surface area (Å²) in [4.78, 5) is 0. The summed E-state index contributed by atoms with van der Waals surface area (Å²) in [6.45, 7) is 5.73. The fraction of sp³-hybridized carbons (Fsp3) is 1.00. The standard InChI is InChI=1S/C15H29NO/c1-12(10-13(2)16-3)14-6-9-17-15(11-14)7-4-5-8-15/h12-14,16H,4-11H2,1-3H3. The molecule has 1 spiro atoms. The van der Waals surface area contributed by atoms with E-state index in [2.05, 4.69) is 26.2 Å². The zero-order valence-electron chi connectivity index (χ0n) is 11.8. The van der Waals surface area contributed by atoms with Gasteiger partial charge >= 0.3 is 0 Å². The Kier molecular flexibility index (Phi) is 4.48. The van der Waals surface area contributed by atoms with Gasteiger partial charge in [0, 0.05) is 12.6 Å². The zero-order valence-corrected chi connectivity index (χ0v) is 11.8. The summed E-state index contributed by atoms with van der Waals surface area (Å²) in [7, 11) is 2.07. The quantitative estimate of drug-likeness (QED) is 0.812. The molecule has 2 rings (SSSR count). The van der Waals surface area contributed by atoms with Crippen molar-refractivity contribution >= 4 is 0 Å². The van der Waals surface area contributed by atoms with Crippen molar-refractivity contribution in [3.63, 3.8) is 0 Å². The van der Waals surface area contributed by atoms with Crippen LogP contribution in [0.3, 0.4) is 0 Å². The summed E-state index contributed by atoms with van der Waals surface area (Å²) in [5, 5.41) is 3.36. The zero-order chi connectivity index (χ0) is 12.3. The molecule has 0 aromatic rings. The van der Waals surface area contributed by atoms with E-state index in [-0.39, 0.29) is 0 Å². The van der Waals surface area contributed by atoms with Crippen LogP contribution in [0.4, 0.5) is 0 Å². The van der Waals surface area contributed by atoms with Gasteiger partial charge in [-0.05, 0) is 57.9 Å². The Bertz CT molecular complexity index is 235. The molecule has 1 N–H and O–H groups in total. The molecule has 0 radical (unpaired) electrons. The van der Waals surface area contributed by atoms with Gasteiger partial charge in [-0.15, -0.1) is 0 Å². The van der Waals surface area contributed by atoms with Crippen LogP contribution >= 0.6 is 0 Å². The number of ether oxygens (including phenoxy) is 1. The van der Waals surface area contributed by atoms with Gasteiger partial charge in [0.25, 0.3) is 0 Å². The first kappa shape index (κ1) is 13.4. The molecule has 3 atom stereocenters. The van der Waals surface area contributed by atoms with Gasteiger partial charge in [0.15, 0.2) is 0 Å². The van der Waals surface area contributed by atoms with E-state index in [9.17, 15) is 0 Å². The second kappa shape index (κ2) is 5.71. The van der Waals surface area contributed by atoms with Gasteiger partial charge in [0.05, 0.1) is 5.60 Å². The molecule has 0 bridgehead atoms. The molecular formula is C15H29NO. The van der Waals surface area contributed by atoms with Crippen LogP contribution in [0.5, 0.6) is 0 Å². The first-order valence-corrected chi connectivity index (χ1v) is 7.46. The van der Waals surface area contributed by atoms with Crippen molar-refractivity contribution in [1.82, 2.24) is 5.32 Å². The third-order valence-corrected chi connectivity index (χ3v) is 5.07. The first-order chi connectivity index (χ1) is 8.15. The fourth-order valence-corrected chi connectivity index (χ4v) is 3.79. The summed E-state index contributed by atoms with van der Waals surface area (Å²) in [6.07, 6.45) is 9.30. The van der Waals surface area contributed by atoms with E-state index in [1.807, 2.05) is 0 Å². The molecular weight excluding hydrogens is 210 g/mol. The van der Waals surface area contributed by atoms with Gasteiger partial charge in [-0.1, -0.05) is 19.8 Å². The van der Waals surface area contributed by atoms with Crippen molar-refractivity contribution in [2.75, 3.05) is 13.7 Å². The molecule has 3 unspecified atom stereocenters. The van der Waals surface area contributed by atoms with Gasteiger partial charge in [0.1, 0.15) is 0 Å². The Balaban J connectivity index is 1.88. The lowest BCUT2D eigenvalue weighted by atomic mass is 9.76. The number of hydrogen-bond donors (Lipinski definition) is 1. The van der Waals surface area contributed by atoms with Crippen LogP contribution < -0.4 is 5.32 Å². The maximum absolute atomic E-state index is 6.12. The highest BCUT2D eigenvalue weighted by Gasteiger charge is 2.41. The largest absolute Gasteiger partial charge is 0.375 e. The molecule has 2 heteroatoms. The lowest BCUT2D eigenvalue weighted by Gasteiger charge is -2.41. The first-order valence-electron chi connectivity index (χ1n) is 7.46. The molecule has 1 aliphatic carbocycles.